The molecule has 0 saturated heterocycles. The number of halogens is 1. The molecule has 2 aromatic rings. The van der Waals surface area contributed by atoms with Crippen molar-refractivity contribution in [3.63, 3.8) is 0 Å². The van der Waals surface area contributed by atoms with Crippen LogP contribution >= 0.6 is 10.7 Å². The van der Waals surface area contributed by atoms with Gasteiger partial charge in [0, 0.05) is 29.0 Å². The van der Waals surface area contributed by atoms with Crippen molar-refractivity contribution in [2.75, 3.05) is 0 Å². The van der Waals surface area contributed by atoms with Gasteiger partial charge in [-0.15, -0.1) is 0 Å². The van der Waals surface area contributed by atoms with Gasteiger partial charge in [0.05, 0.1) is 24.0 Å². The zero-order valence-corrected chi connectivity index (χ0v) is 11.9. The summed E-state index contributed by atoms with van der Waals surface area (Å²) in [7, 11) is 0.926. The smallest absolute Gasteiger partial charge is 0.358 e. The molecule has 0 atom stereocenters. The van der Waals surface area contributed by atoms with Crippen LogP contribution in [0.1, 0.15) is 12.5 Å². The molecule has 0 unspecified atom stereocenters. The Morgan fingerprint density at radius 1 is 1.40 bits per heavy atom. The summed E-state index contributed by atoms with van der Waals surface area (Å²) >= 11 is 0. The van der Waals surface area contributed by atoms with E-state index in [4.69, 9.17) is 10.7 Å². The molecule has 0 amide bonds. The van der Waals surface area contributed by atoms with Crippen molar-refractivity contribution in [1.29, 1.82) is 0 Å². The molecule has 9 nitrogen and oxygen atoms in total. The summed E-state index contributed by atoms with van der Waals surface area (Å²) in [6, 6.07) is 0. The molecular formula is C9H10ClN5O4S. The fraction of sp³-hybridized carbons (Fsp3) is 0.333. The molecule has 0 N–H and O–H groups in total. The summed E-state index contributed by atoms with van der Waals surface area (Å²) < 4.78 is 25.3. The van der Waals surface area contributed by atoms with Crippen LogP contribution in [0.3, 0.4) is 0 Å². The van der Waals surface area contributed by atoms with Crippen LogP contribution in [0.4, 0.5) is 5.82 Å². The highest BCUT2D eigenvalue weighted by atomic mass is 35.7. The normalized spacial score (nSPS) is 11.7. The Labute approximate surface area is 118 Å². The number of rotatable bonds is 5. The number of aromatic nitrogens is 4. The molecule has 108 valence electrons. The number of hydrogen-bond acceptors (Lipinski definition) is 6. The molecule has 0 radical (unpaired) electrons. The maximum Gasteiger partial charge on any atom is 0.410 e. The van der Waals surface area contributed by atoms with Gasteiger partial charge in [0.2, 0.25) is 4.90 Å². The van der Waals surface area contributed by atoms with Crippen molar-refractivity contribution >= 4 is 25.6 Å². The standard InChI is InChI=1S/C9H10ClN5O4S/c1-2-13-4-7(3-11-13)5-14-6-8(20(10,18)19)9(12-14)15(16)17/h3-4,6H,2,5H2,1H3. The van der Waals surface area contributed by atoms with Gasteiger partial charge >= 0.3 is 5.82 Å². The van der Waals surface area contributed by atoms with Gasteiger partial charge in [0.1, 0.15) is 0 Å². The third-order valence-electron chi connectivity index (χ3n) is 2.50. The Kier molecular flexibility index (Phi) is 3.77. The van der Waals surface area contributed by atoms with Crippen LogP contribution in [0, 0.1) is 10.1 Å². The quantitative estimate of drug-likeness (QED) is 0.461. The molecule has 0 saturated carbocycles. The lowest BCUT2D eigenvalue weighted by molar-refractivity contribution is -0.392. The van der Waals surface area contributed by atoms with Crippen LogP contribution in [0.2, 0.25) is 0 Å². The van der Waals surface area contributed by atoms with E-state index in [-0.39, 0.29) is 6.54 Å². The summed E-state index contributed by atoms with van der Waals surface area (Å²) in [4.78, 5) is 9.27. The molecule has 2 aromatic heterocycles. The van der Waals surface area contributed by atoms with E-state index in [1.807, 2.05) is 6.92 Å². The predicted octanol–water partition coefficient (Wildman–Crippen LogP) is 0.983. The van der Waals surface area contributed by atoms with Crippen molar-refractivity contribution in [2.45, 2.75) is 24.9 Å². The maximum atomic E-state index is 11.3. The van der Waals surface area contributed by atoms with Gasteiger partial charge in [-0.1, -0.05) is 0 Å². The first-order chi connectivity index (χ1) is 9.31. The van der Waals surface area contributed by atoms with E-state index < -0.39 is 24.7 Å². The van der Waals surface area contributed by atoms with Gasteiger partial charge in [-0.3, -0.25) is 4.68 Å². The van der Waals surface area contributed by atoms with E-state index in [1.54, 1.807) is 17.1 Å². The first-order valence-electron chi connectivity index (χ1n) is 5.49. The second-order valence-electron chi connectivity index (χ2n) is 3.91. The van der Waals surface area contributed by atoms with Crippen LogP contribution in [0.25, 0.3) is 0 Å². The zero-order valence-electron chi connectivity index (χ0n) is 10.3. The Morgan fingerprint density at radius 2 is 2.10 bits per heavy atom. The van der Waals surface area contributed by atoms with Crippen molar-refractivity contribution in [3.05, 3.63) is 34.3 Å². The van der Waals surface area contributed by atoms with Gasteiger partial charge in [0.25, 0.3) is 9.05 Å². The summed E-state index contributed by atoms with van der Waals surface area (Å²) in [6.45, 7) is 2.75. The first-order valence-corrected chi connectivity index (χ1v) is 7.80. The highest BCUT2D eigenvalue weighted by molar-refractivity contribution is 8.13. The molecule has 2 rings (SSSR count). The van der Waals surface area contributed by atoms with Crippen LogP contribution < -0.4 is 0 Å². The fourth-order valence-electron chi connectivity index (χ4n) is 1.62. The highest BCUT2D eigenvalue weighted by Gasteiger charge is 2.29. The van der Waals surface area contributed by atoms with Crippen molar-refractivity contribution in [3.8, 4) is 0 Å². The van der Waals surface area contributed by atoms with Crippen molar-refractivity contribution in [2.24, 2.45) is 0 Å². The predicted molar refractivity (Wildman–Crippen MR) is 68.9 cm³/mol. The lowest BCUT2D eigenvalue weighted by Crippen LogP contribution is -2.00. The second-order valence-corrected chi connectivity index (χ2v) is 6.45. The number of nitro groups is 1. The fourth-order valence-corrected chi connectivity index (χ4v) is 2.53. The minimum Gasteiger partial charge on any atom is -0.358 e. The van der Waals surface area contributed by atoms with Gasteiger partial charge in [-0.25, -0.2) is 8.42 Å². The van der Waals surface area contributed by atoms with Crippen molar-refractivity contribution < 1.29 is 13.3 Å². The Morgan fingerprint density at radius 3 is 2.55 bits per heavy atom. The summed E-state index contributed by atoms with van der Waals surface area (Å²) in [5.41, 5.74) is 0.739. The van der Waals surface area contributed by atoms with Gasteiger partial charge in [-0.05, 0) is 11.8 Å². The SMILES string of the molecule is CCn1cc(Cn2cc(S(=O)(=O)Cl)c([N+](=O)[O-])n2)cn1. The van der Waals surface area contributed by atoms with Crippen molar-refractivity contribution in [1.82, 2.24) is 19.6 Å². The molecule has 0 spiro atoms. The van der Waals surface area contributed by atoms with Gasteiger partial charge in [-0.2, -0.15) is 9.78 Å². The van der Waals surface area contributed by atoms with E-state index in [0.717, 1.165) is 16.4 Å². The van der Waals surface area contributed by atoms with E-state index in [9.17, 15) is 18.5 Å². The summed E-state index contributed by atoms with van der Waals surface area (Å²) in [5.74, 6) is -0.789. The molecule has 0 bridgehead atoms. The second kappa shape index (κ2) is 5.21. The molecule has 2 heterocycles. The first kappa shape index (κ1) is 14.5. The van der Waals surface area contributed by atoms with E-state index in [0.29, 0.717) is 6.54 Å². The van der Waals surface area contributed by atoms with Gasteiger partial charge < -0.3 is 10.1 Å². The third-order valence-corrected chi connectivity index (χ3v) is 3.81. The Bertz CT molecular complexity index is 750. The molecule has 0 aliphatic rings. The largest absolute Gasteiger partial charge is 0.410 e. The Balaban J connectivity index is 2.36. The molecule has 0 aromatic carbocycles. The highest BCUT2D eigenvalue weighted by Crippen LogP contribution is 2.25. The summed E-state index contributed by atoms with van der Waals surface area (Å²) in [5, 5.41) is 18.4. The van der Waals surface area contributed by atoms with Crippen LogP contribution in [0.5, 0.6) is 0 Å². The average Bonchev–Trinajstić information content (AvgIpc) is 2.95. The molecular weight excluding hydrogens is 310 g/mol. The molecule has 11 heteroatoms. The zero-order chi connectivity index (χ0) is 14.9. The van der Waals surface area contributed by atoms with E-state index in [2.05, 4.69) is 10.2 Å². The van der Waals surface area contributed by atoms with Crippen LogP contribution in [0.15, 0.2) is 23.5 Å². The minimum atomic E-state index is -4.22. The molecule has 0 aliphatic heterocycles. The molecule has 0 fully saturated rings. The number of hydrogen-bond donors (Lipinski definition) is 0. The van der Waals surface area contributed by atoms with Crippen LogP contribution in [-0.2, 0) is 22.1 Å². The molecule has 20 heavy (non-hydrogen) atoms. The summed E-state index contributed by atoms with van der Waals surface area (Å²) in [6.07, 6.45) is 4.35. The number of nitrogens with zero attached hydrogens (tertiary/aromatic N) is 5. The Hall–Kier alpha value is -1.94. The average molecular weight is 320 g/mol. The topological polar surface area (TPSA) is 113 Å². The van der Waals surface area contributed by atoms with Gasteiger partial charge in [0.15, 0.2) is 0 Å². The lowest BCUT2D eigenvalue weighted by atomic mass is 10.4. The van der Waals surface area contributed by atoms with E-state index in [1.165, 1.54) is 0 Å². The van der Waals surface area contributed by atoms with Crippen LogP contribution in [-0.4, -0.2) is 32.9 Å². The minimum absolute atomic E-state index is 0.160. The maximum absolute atomic E-state index is 11.3. The lowest BCUT2D eigenvalue weighted by Gasteiger charge is -1.93. The monoisotopic (exact) mass is 319 g/mol. The molecule has 0 aliphatic carbocycles. The van der Waals surface area contributed by atoms with E-state index >= 15 is 0 Å². The third kappa shape index (κ3) is 2.96. The number of aryl methyl sites for hydroxylation is 1.